The van der Waals surface area contributed by atoms with E-state index in [-0.39, 0.29) is 5.41 Å². The van der Waals surface area contributed by atoms with E-state index in [4.69, 9.17) is 4.99 Å². The number of hydrogen-bond donors (Lipinski definition) is 0. The van der Waals surface area contributed by atoms with Gasteiger partial charge in [0, 0.05) is 23.8 Å². The van der Waals surface area contributed by atoms with Gasteiger partial charge in [0.05, 0.1) is 0 Å². The number of thioether (sulfide) groups is 1. The second-order valence-corrected chi connectivity index (χ2v) is 9.04. The number of rotatable bonds is 1. The summed E-state index contributed by atoms with van der Waals surface area (Å²) < 4.78 is 0. The Kier molecular flexibility index (Phi) is 3.69. The fourth-order valence-electron chi connectivity index (χ4n) is 2.96. The number of hydrogen-bond acceptors (Lipinski definition) is 5. The monoisotopic (exact) mass is 344 g/mol. The molecule has 3 heterocycles. The van der Waals surface area contributed by atoms with Crippen LogP contribution in [-0.4, -0.2) is 32.1 Å². The minimum atomic E-state index is 0.0333. The Bertz CT molecular complexity index is 760. The van der Waals surface area contributed by atoms with Crippen LogP contribution in [0, 0.1) is 0 Å². The van der Waals surface area contributed by atoms with Crippen LogP contribution < -0.4 is 0 Å². The molecule has 2 aliphatic rings. The lowest BCUT2D eigenvalue weighted by molar-refractivity contribution is 0.320. The molecule has 120 valence electrons. The normalized spacial score (nSPS) is 22.3. The summed E-state index contributed by atoms with van der Waals surface area (Å²) in [5, 5.41) is 11.5. The summed E-state index contributed by atoms with van der Waals surface area (Å²) in [7, 11) is 0. The van der Waals surface area contributed by atoms with Gasteiger partial charge in [0.1, 0.15) is 5.01 Å². The second-order valence-electron chi connectivity index (χ2n) is 7.10. The molecule has 0 spiro atoms. The quantitative estimate of drug-likeness (QED) is 0.784. The largest absolute Gasteiger partial charge is 0.343 e. The average Bonchev–Trinajstić information content (AvgIpc) is 3.13. The van der Waals surface area contributed by atoms with E-state index in [0.29, 0.717) is 6.04 Å². The van der Waals surface area contributed by atoms with Crippen LogP contribution in [0.25, 0.3) is 0 Å². The predicted octanol–water partition coefficient (Wildman–Crippen LogP) is 4.00. The second kappa shape index (κ2) is 5.60. The third-order valence-electron chi connectivity index (χ3n) is 4.25. The molecule has 1 saturated heterocycles. The maximum atomic E-state index is 4.80. The van der Waals surface area contributed by atoms with Crippen molar-refractivity contribution >= 4 is 33.4 Å². The maximum Gasteiger partial charge on any atom is 0.234 e. The molecule has 0 aliphatic carbocycles. The van der Waals surface area contributed by atoms with E-state index < -0.39 is 0 Å². The SMILES string of the molecule is CC(C)(C)c1nnc(N=C2SC[C@@H]3Cc4ccccc4CN23)s1. The van der Waals surface area contributed by atoms with Gasteiger partial charge < -0.3 is 4.90 Å². The Hall–Kier alpha value is -1.40. The lowest BCUT2D eigenvalue weighted by Crippen LogP contribution is -2.38. The van der Waals surface area contributed by atoms with Gasteiger partial charge in [-0.3, -0.25) is 0 Å². The molecule has 1 aromatic heterocycles. The third kappa shape index (κ3) is 2.90. The van der Waals surface area contributed by atoms with E-state index in [1.807, 2.05) is 11.8 Å². The van der Waals surface area contributed by atoms with Crippen molar-refractivity contribution in [2.75, 3.05) is 5.75 Å². The first kappa shape index (κ1) is 15.1. The standard InChI is InChI=1S/C17H20N4S2/c1-17(2,3)14-19-20-15(23-14)18-16-21-9-12-7-5-4-6-11(12)8-13(21)10-22-16/h4-7,13H,8-10H2,1-3H3/t13-/m0/s1. The summed E-state index contributed by atoms with van der Waals surface area (Å²) in [6, 6.07) is 9.31. The molecule has 0 bridgehead atoms. The van der Waals surface area contributed by atoms with E-state index in [1.165, 1.54) is 11.1 Å². The molecule has 4 nitrogen and oxygen atoms in total. The van der Waals surface area contributed by atoms with Crippen molar-refractivity contribution in [3.05, 3.63) is 40.4 Å². The smallest absolute Gasteiger partial charge is 0.234 e. The van der Waals surface area contributed by atoms with E-state index in [2.05, 4.69) is 60.1 Å². The van der Waals surface area contributed by atoms with Gasteiger partial charge in [-0.1, -0.05) is 68.1 Å². The van der Waals surface area contributed by atoms with Crippen LogP contribution in [0.15, 0.2) is 29.3 Å². The molecule has 23 heavy (non-hydrogen) atoms. The van der Waals surface area contributed by atoms with Crippen molar-refractivity contribution in [3.63, 3.8) is 0 Å². The van der Waals surface area contributed by atoms with Gasteiger partial charge in [-0.25, -0.2) is 0 Å². The predicted molar refractivity (Wildman–Crippen MR) is 97.6 cm³/mol. The van der Waals surface area contributed by atoms with Gasteiger partial charge in [0.15, 0.2) is 5.17 Å². The highest BCUT2D eigenvalue weighted by Crippen LogP contribution is 2.36. The zero-order valence-electron chi connectivity index (χ0n) is 13.6. The summed E-state index contributed by atoms with van der Waals surface area (Å²) in [6.07, 6.45) is 1.12. The van der Waals surface area contributed by atoms with Gasteiger partial charge in [-0.15, -0.1) is 10.2 Å². The Morgan fingerprint density at radius 1 is 1.17 bits per heavy atom. The van der Waals surface area contributed by atoms with Gasteiger partial charge in [0.25, 0.3) is 0 Å². The summed E-state index contributed by atoms with van der Waals surface area (Å²) in [6.45, 7) is 7.43. The van der Waals surface area contributed by atoms with Crippen LogP contribution in [0.3, 0.4) is 0 Å². The molecule has 0 amide bonds. The van der Waals surface area contributed by atoms with E-state index in [9.17, 15) is 0 Å². The number of aromatic nitrogens is 2. The molecule has 1 aromatic carbocycles. The number of fused-ring (bicyclic) bond motifs is 2. The summed E-state index contributed by atoms with van der Waals surface area (Å²) >= 11 is 3.45. The van der Waals surface area contributed by atoms with Gasteiger partial charge in [-0.2, -0.15) is 4.99 Å². The van der Waals surface area contributed by atoms with Crippen molar-refractivity contribution < 1.29 is 0 Å². The minimum Gasteiger partial charge on any atom is -0.343 e. The molecule has 0 saturated carbocycles. The lowest BCUT2D eigenvalue weighted by Gasteiger charge is -2.32. The molecule has 1 fully saturated rings. The molecule has 0 N–H and O–H groups in total. The first-order chi connectivity index (χ1) is 11.0. The van der Waals surface area contributed by atoms with E-state index in [1.54, 1.807) is 11.3 Å². The molecule has 1 atom stereocenters. The molecule has 6 heteroatoms. The highest BCUT2D eigenvalue weighted by molar-refractivity contribution is 8.14. The Balaban J connectivity index is 1.60. The number of benzene rings is 1. The molecule has 4 rings (SSSR count). The first-order valence-corrected chi connectivity index (χ1v) is 9.70. The van der Waals surface area contributed by atoms with Crippen molar-refractivity contribution in [3.8, 4) is 0 Å². The summed E-state index contributed by atoms with van der Waals surface area (Å²) in [4.78, 5) is 7.24. The number of nitrogens with zero attached hydrogens (tertiary/aromatic N) is 4. The van der Waals surface area contributed by atoms with Gasteiger partial charge in [-0.05, 0) is 17.5 Å². The molecule has 0 unspecified atom stereocenters. The van der Waals surface area contributed by atoms with Gasteiger partial charge in [0.2, 0.25) is 5.13 Å². The molecular formula is C17H20N4S2. The highest BCUT2D eigenvalue weighted by Gasteiger charge is 2.34. The first-order valence-electron chi connectivity index (χ1n) is 7.89. The summed E-state index contributed by atoms with van der Waals surface area (Å²) in [5.41, 5.74) is 2.94. The molecule has 2 aromatic rings. The minimum absolute atomic E-state index is 0.0333. The van der Waals surface area contributed by atoms with Crippen molar-refractivity contribution in [1.82, 2.24) is 15.1 Å². The molecule has 0 radical (unpaired) electrons. The van der Waals surface area contributed by atoms with Crippen molar-refractivity contribution in [2.24, 2.45) is 4.99 Å². The highest BCUT2D eigenvalue weighted by atomic mass is 32.2. The molecular weight excluding hydrogens is 324 g/mol. The van der Waals surface area contributed by atoms with Crippen molar-refractivity contribution in [2.45, 2.75) is 45.2 Å². The Morgan fingerprint density at radius 2 is 1.96 bits per heavy atom. The van der Waals surface area contributed by atoms with E-state index >= 15 is 0 Å². The van der Waals surface area contributed by atoms with Crippen LogP contribution in [0.4, 0.5) is 5.13 Å². The Morgan fingerprint density at radius 3 is 2.70 bits per heavy atom. The molecule has 2 aliphatic heterocycles. The fraction of sp³-hybridized carbons (Fsp3) is 0.471. The third-order valence-corrected chi connectivity index (χ3v) is 6.63. The van der Waals surface area contributed by atoms with Crippen LogP contribution >= 0.6 is 23.1 Å². The van der Waals surface area contributed by atoms with Gasteiger partial charge >= 0.3 is 0 Å². The van der Waals surface area contributed by atoms with Crippen LogP contribution in [0.1, 0.15) is 36.9 Å². The Labute approximate surface area is 145 Å². The van der Waals surface area contributed by atoms with Crippen LogP contribution in [0.2, 0.25) is 0 Å². The zero-order chi connectivity index (χ0) is 16.0. The zero-order valence-corrected chi connectivity index (χ0v) is 15.2. The van der Waals surface area contributed by atoms with Crippen LogP contribution in [-0.2, 0) is 18.4 Å². The fourth-order valence-corrected chi connectivity index (χ4v) is 4.96. The van der Waals surface area contributed by atoms with Crippen molar-refractivity contribution in [1.29, 1.82) is 0 Å². The lowest BCUT2D eigenvalue weighted by atomic mass is 9.95. The maximum absolute atomic E-state index is 4.80. The van der Waals surface area contributed by atoms with E-state index in [0.717, 1.165) is 34.0 Å². The van der Waals surface area contributed by atoms with Crippen LogP contribution in [0.5, 0.6) is 0 Å². The number of amidine groups is 1. The summed E-state index contributed by atoms with van der Waals surface area (Å²) in [5.74, 6) is 1.11. The average molecular weight is 345 g/mol. The topological polar surface area (TPSA) is 41.4 Å². The number of aliphatic imine (C=N–C) groups is 1.